The molecule has 1 unspecified atom stereocenters. The van der Waals surface area contributed by atoms with Gasteiger partial charge in [0.2, 0.25) is 5.91 Å². The van der Waals surface area contributed by atoms with E-state index in [2.05, 4.69) is 45.2 Å². The highest BCUT2D eigenvalue weighted by Crippen LogP contribution is 2.27. The highest BCUT2D eigenvalue weighted by atomic mass is 79.9. The largest absolute Gasteiger partial charge is 0.372 e. The summed E-state index contributed by atoms with van der Waals surface area (Å²) in [6.45, 7) is 6.01. The fraction of sp³-hybridized carbons (Fsp3) is 0.321. The van der Waals surface area contributed by atoms with E-state index in [9.17, 15) is 13.2 Å². The van der Waals surface area contributed by atoms with Crippen LogP contribution in [0.3, 0.4) is 0 Å². The van der Waals surface area contributed by atoms with Crippen molar-refractivity contribution in [1.82, 2.24) is 5.32 Å². The predicted molar refractivity (Wildman–Crippen MR) is 149 cm³/mol. The van der Waals surface area contributed by atoms with Crippen molar-refractivity contribution in [2.45, 2.75) is 37.6 Å². The molecule has 3 aromatic carbocycles. The predicted octanol–water partition coefficient (Wildman–Crippen LogP) is 5.76. The number of hydrogen-bond donors (Lipinski definition) is 1. The summed E-state index contributed by atoms with van der Waals surface area (Å²) in [7, 11) is -3.93. The fourth-order valence-corrected chi connectivity index (χ4v) is 6.09. The lowest BCUT2D eigenvalue weighted by Crippen LogP contribution is -2.41. The number of carbonyl (C=O) groups excluding carboxylic acids is 1. The molecule has 0 bridgehead atoms. The Bertz CT molecular complexity index is 1260. The second kappa shape index (κ2) is 11.5. The van der Waals surface area contributed by atoms with Gasteiger partial charge in [-0.2, -0.15) is 0 Å². The van der Waals surface area contributed by atoms with Crippen molar-refractivity contribution >= 4 is 43.2 Å². The number of piperidine rings is 1. The van der Waals surface area contributed by atoms with Gasteiger partial charge in [-0.1, -0.05) is 53.2 Å². The number of nitrogens with zero attached hydrogens (tertiary/aromatic N) is 2. The number of amides is 1. The van der Waals surface area contributed by atoms with Gasteiger partial charge < -0.3 is 10.2 Å². The molecule has 1 N–H and O–H groups in total. The van der Waals surface area contributed by atoms with Crippen LogP contribution in [-0.2, 0) is 14.8 Å². The van der Waals surface area contributed by atoms with Crippen molar-refractivity contribution in [3.63, 3.8) is 0 Å². The van der Waals surface area contributed by atoms with Gasteiger partial charge in [0.25, 0.3) is 10.0 Å². The second-order valence-electron chi connectivity index (χ2n) is 9.35. The third-order valence-electron chi connectivity index (χ3n) is 6.65. The number of benzene rings is 3. The minimum Gasteiger partial charge on any atom is -0.372 e. The van der Waals surface area contributed by atoms with Gasteiger partial charge >= 0.3 is 0 Å². The average molecular weight is 571 g/mol. The van der Waals surface area contributed by atoms with Crippen LogP contribution in [0.5, 0.6) is 0 Å². The van der Waals surface area contributed by atoms with Crippen molar-refractivity contribution in [3.8, 4) is 0 Å². The van der Waals surface area contributed by atoms with Crippen LogP contribution in [0.25, 0.3) is 0 Å². The summed E-state index contributed by atoms with van der Waals surface area (Å²) in [5.74, 6) is 0.400. The first kappa shape index (κ1) is 26.2. The molecule has 3 aromatic rings. The maximum atomic E-state index is 13.4. The van der Waals surface area contributed by atoms with E-state index in [1.807, 2.05) is 19.1 Å². The monoisotopic (exact) mass is 569 g/mol. The molecule has 8 heteroatoms. The molecule has 6 nitrogen and oxygen atoms in total. The van der Waals surface area contributed by atoms with Crippen molar-refractivity contribution in [3.05, 3.63) is 88.9 Å². The summed E-state index contributed by atoms with van der Waals surface area (Å²) >= 11 is 3.38. The molecule has 4 rings (SSSR count). The topological polar surface area (TPSA) is 69.7 Å². The quantitative estimate of drug-likeness (QED) is 0.374. The Balaban J connectivity index is 1.47. The summed E-state index contributed by atoms with van der Waals surface area (Å²) in [5, 5.41) is 2.97. The van der Waals surface area contributed by atoms with Gasteiger partial charge in [0.15, 0.2) is 0 Å². The molecule has 1 saturated heterocycles. The first-order valence-corrected chi connectivity index (χ1v) is 14.4. The van der Waals surface area contributed by atoms with Gasteiger partial charge in [-0.3, -0.25) is 9.10 Å². The molecule has 1 fully saturated rings. The van der Waals surface area contributed by atoms with E-state index in [4.69, 9.17) is 0 Å². The minimum atomic E-state index is -3.93. The Hall–Kier alpha value is -2.84. The molecule has 1 aliphatic rings. The summed E-state index contributed by atoms with van der Waals surface area (Å²) in [6.07, 6.45) is 2.41. The first-order chi connectivity index (χ1) is 17.2. The van der Waals surface area contributed by atoms with E-state index < -0.39 is 10.0 Å². The van der Waals surface area contributed by atoms with E-state index in [0.29, 0.717) is 5.69 Å². The third kappa shape index (κ3) is 6.28. The highest BCUT2D eigenvalue weighted by Gasteiger charge is 2.27. The molecule has 1 aliphatic heterocycles. The van der Waals surface area contributed by atoms with Crippen molar-refractivity contribution < 1.29 is 13.2 Å². The van der Waals surface area contributed by atoms with E-state index in [-0.39, 0.29) is 23.4 Å². The number of hydrogen-bond acceptors (Lipinski definition) is 4. The van der Waals surface area contributed by atoms with Crippen LogP contribution < -0.4 is 14.5 Å². The Morgan fingerprint density at radius 2 is 1.61 bits per heavy atom. The number of halogens is 1. The standard InChI is InChI=1S/C28H32BrN3O3S/c1-21-16-18-31(19-17-21)25-12-8-23(9-13-25)22(2)30-28(33)20-32(26-14-10-24(29)11-15-26)36(34,35)27-6-4-3-5-7-27/h3-15,21-22H,16-20H2,1-2H3,(H,30,33). The maximum absolute atomic E-state index is 13.4. The zero-order chi connectivity index (χ0) is 25.7. The van der Waals surface area contributed by atoms with Crippen molar-refractivity contribution in [1.29, 1.82) is 0 Å². The lowest BCUT2D eigenvalue weighted by Gasteiger charge is -2.32. The summed E-state index contributed by atoms with van der Waals surface area (Å²) in [6, 6.07) is 23.0. The number of sulfonamides is 1. The van der Waals surface area contributed by atoms with Crippen LogP contribution >= 0.6 is 15.9 Å². The number of nitrogens with one attached hydrogen (secondary N) is 1. The van der Waals surface area contributed by atoms with Gasteiger partial charge in [-0.05, 0) is 79.8 Å². The average Bonchev–Trinajstić information content (AvgIpc) is 2.89. The summed E-state index contributed by atoms with van der Waals surface area (Å²) in [5.41, 5.74) is 2.59. The molecule has 0 spiro atoms. The Morgan fingerprint density at radius 3 is 2.22 bits per heavy atom. The fourth-order valence-electron chi connectivity index (χ4n) is 4.38. The van der Waals surface area contributed by atoms with E-state index >= 15 is 0 Å². The Kier molecular flexibility index (Phi) is 8.36. The molecule has 0 radical (unpaired) electrons. The summed E-state index contributed by atoms with van der Waals surface area (Å²) < 4.78 is 28.9. The SMILES string of the molecule is CC1CCN(c2ccc(C(C)NC(=O)CN(c3ccc(Br)cc3)S(=O)(=O)c3ccccc3)cc2)CC1. The molecule has 0 aromatic heterocycles. The van der Waals surface area contributed by atoms with Gasteiger partial charge in [-0.25, -0.2) is 8.42 Å². The molecule has 0 aliphatic carbocycles. The molecular formula is C28H32BrN3O3S. The molecule has 1 amide bonds. The van der Waals surface area contributed by atoms with Crippen LogP contribution in [0, 0.1) is 5.92 Å². The van der Waals surface area contributed by atoms with Gasteiger partial charge in [0, 0.05) is 23.2 Å². The molecule has 0 saturated carbocycles. The Labute approximate surface area is 222 Å². The van der Waals surface area contributed by atoms with Gasteiger partial charge in [0.05, 0.1) is 16.6 Å². The van der Waals surface area contributed by atoms with E-state index in [1.54, 1.807) is 42.5 Å². The Morgan fingerprint density at radius 1 is 1.00 bits per heavy atom. The van der Waals surface area contributed by atoms with E-state index in [1.165, 1.54) is 30.7 Å². The maximum Gasteiger partial charge on any atom is 0.264 e. The summed E-state index contributed by atoms with van der Waals surface area (Å²) in [4.78, 5) is 15.6. The number of carbonyl (C=O) groups is 1. The number of rotatable bonds is 8. The van der Waals surface area contributed by atoms with Crippen LogP contribution in [0.1, 0.15) is 38.3 Å². The lowest BCUT2D eigenvalue weighted by molar-refractivity contribution is -0.120. The van der Waals surface area contributed by atoms with Crippen molar-refractivity contribution in [2.24, 2.45) is 5.92 Å². The van der Waals surface area contributed by atoms with Gasteiger partial charge in [0.1, 0.15) is 6.54 Å². The van der Waals surface area contributed by atoms with Crippen LogP contribution in [0.2, 0.25) is 0 Å². The molecule has 1 atom stereocenters. The first-order valence-electron chi connectivity index (χ1n) is 12.2. The lowest BCUT2D eigenvalue weighted by atomic mass is 9.98. The number of anilines is 2. The normalized spacial score (nSPS) is 15.4. The van der Waals surface area contributed by atoms with E-state index in [0.717, 1.165) is 33.3 Å². The minimum absolute atomic E-state index is 0.136. The second-order valence-corrected chi connectivity index (χ2v) is 12.1. The molecule has 190 valence electrons. The van der Waals surface area contributed by atoms with Crippen LogP contribution in [-0.4, -0.2) is 34.0 Å². The smallest absolute Gasteiger partial charge is 0.264 e. The zero-order valence-electron chi connectivity index (χ0n) is 20.6. The molecule has 1 heterocycles. The molecular weight excluding hydrogens is 538 g/mol. The van der Waals surface area contributed by atoms with Crippen molar-refractivity contribution in [2.75, 3.05) is 28.8 Å². The molecule has 36 heavy (non-hydrogen) atoms. The van der Waals surface area contributed by atoms with Gasteiger partial charge in [-0.15, -0.1) is 0 Å². The third-order valence-corrected chi connectivity index (χ3v) is 8.97. The highest BCUT2D eigenvalue weighted by molar-refractivity contribution is 9.10. The van der Waals surface area contributed by atoms with Crippen LogP contribution in [0.4, 0.5) is 11.4 Å². The zero-order valence-corrected chi connectivity index (χ0v) is 23.0. The van der Waals surface area contributed by atoms with Crippen LogP contribution in [0.15, 0.2) is 88.2 Å².